The van der Waals surface area contributed by atoms with Gasteiger partial charge in [0, 0.05) is 31.9 Å². The molecule has 136 valence electrons. The fraction of sp³-hybridized carbons (Fsp3) is 0.286. The van der Waals surface area contributed by atoms with Gasteiger partial charge in [-0.05, 0) is 47.6 Å². The molecule has 2 amide bonds. The highest BCUT2D eigenvalue weighted by Gasteiger charge is 2.10. The molecule has 0 spiro atoms. The lowest BCUT2D eigenvalue weighted by molar-refractivity contribution is 0.173. The van der Waals surface area contributed by atoms with Gasteiger partial charge in [0.05, 0.1) is 6.10 Å². The Kier molecular flexibility index (Phi) is 5.92. The molecule has 1 atom stereocenters. The van der Waals surface area contributed by atoms with Crippen LogP contribution in [0.2, 0.25) is 0 Å². The monoisotopic (exact) mass is 351 g/mol. The third-order valence-corrected chi connectivity index (χ3v) is 4.52. The van der Waals surface area contributed by atoms with Gasteiger partial charge in [0.1, 0.15) is 0 Å². The summed E-state index contributed by atoms with van der Waals surface area (Å²) in [4.78, 5) is 11.9. The van der Waals surface area contributed by atoms with Crippen molar-refractivity contribution in [1.82, 2.24) is 15.2 Å². The number of rotatable bonds is 7. The first-order chi connectivity index (χ1) is 12.6. The Morgan fingerprint density at radius 2 is 1.92 bits per heavy atom. The first-order valence-corrected chi connectivity index (χ1v) is 8.92. The second-order valence-corrected chi connectivity index (χ2v) is 6.49. The Morgan fingerprint density at radius 1 is 1.12 bits per heavy atom. The van der Waals surface area contributed by atoms with Crippen LogP contribution in [0, 0.1) is 0 Å². The second kappa shape index (κ2) is 8.54. The number of hydrogen-bond acceptors (Lipinski definition) is 2. The normalized spacial score (nSPS) is 12.1. The molecule has 1 aromatic heterocycles. The van der Waals surface area contributed by atoms with E-state index >= 15 is 0 Å². The van der Waals surface area contributed by atoms with Crippen LogP contribution in [0.15, 0.2) is 60.8 Å². The van der Waals surface area contributed by atoms with Crippen molar-refractivity contribution in [2.45, 2.75) is 18.9 Å². The Bertz CT molecular complexity index is 858. The summed E-state index contributed by atoms with van der Waals surface area (Å²) < 4.78 is 2.03. The quantitative estimate of drug-likeness (QED) is 0.573. The van der Waals surface area contributed by atoms with Gasteiger partial charge in [-0.15, -0.1) is 0 Å². The molecule has 1 heterocycles. The van der Waals surface area contributed by atoms with Gasteiger partial charge in [0.2, 0.25) is 0 Å². The van der Waals surface area contributed by atoms with E-state index in [1.165, 1.54) is 5.56 Å². The highest BCUT2D eigenvalue weighted by Crippen LogP contribution is 2.20. The van der Waals surface area contributed by atoms with Crippen LogP contribution in [0.5, 0.6) is 0 Å². The molecule has 26 heavy (non-hydrogen) atoms. The molecule has 0 bridgehead atoms. The van der Waals surface area contributed by atoms with Crippen LogP contribution in [-0.4, -0.2) is 28.8 Å². The minimum Gasteiger partial charge on any atom is -0.387 e. The summed E-state index contributed by atoms with van der Waals surface area (Å²) in [6.45, 7) is 0.787. The number of aromatic nitrogens is 1. The van der Waals surface area contributed by atoms with E-state index in [9.17, 15) is 9.90 Å². The van der Waals surface area contributed by atoms with E-state index < -0.39 is 6.10 Å². The number of fused-ring (bicyclic) bond motifs is 1. The number of nitrogens with one attached hydrogen (secondary N) is 2. The minimum absolute atomic E-state index is 0.183. The van der Waals surface area contributed by atoms with Crippen molar-refractivity contribution in [2.75, 3.05) is 13.1 Å². The van der Waals surface area contributed by atoms with Crippen molar-refractivity contribution in [2.24, 2.45) is 7.05 Å². The zero-order chi connectivity index (χ0) is 18.4. The van der Waals surface area contributed by atoms with Gasteiger partial charge in [-0.2, -0.15) is 0 Å². The lowest BCUT2D eigenvalue weighted by atomic mass is 10.1. The minimum atomic E-state index is -0.727. The first kappa shape index (κ1) is 18.0. The molecule has 0 aliphatic heterocycles. The van der Waals surface area contributed by atoms with Crippen LogP contribution in [0.4, 0.5) is 4.79 Å². The molecule has 5 heteroatoms. The average Bonchev–Trinajstić information content (AvgIpc) is 3.04. The highest BCUT2D eigenvalue weighted by atomic mass is 16.3. The van der Waals surface area contributed by atoms with E-state index in [1.807, 2.05) is 60.3 Å². The molecule has 1 unspecified atom stereocenters. The van der Waals surface area contributed by atoms with Crippen LogP contribution in [0.25, 0.3) is 10.9 Å². The third-order valence-electron chi connectivity index (χ3n) is 4.52. The molecule has 5 nitrogen and oxygen atoms in total. The summed E-state index contributed by atoms with van der Waals surface area (Å²) in [5.74, 6) is 0. The van der Waals surface area contributed by atoms with Gasteiger partial charge in [-0.25, -0.2) is 4.79 Å². The van der Waals surface area contributed by atoms with Crippen molar-refractivity contribution < 1.29 is 9.90 Å². The summed E-state index contributed by atoms with van der Waals surface area (Å²) in [5.41, 5.74) is 3.18. The number of benzene rings is 2. The summed E-state index contributed by atoms with van der Waals surface area (Å²) >= 11 is 0. The lowest BCUT2D eigenvalue weighted by Crippen LogP contribution is -2.38. The van der Waals surface area contributed by atoms with Crippen molar-refractivity contribution in [3.05, 3.63) is 71.9 Å². The number of amides is 2. The molecule has 0 aliphatic carbocycles. The number of nitrogens with zero attached hydrogens (tertiary/aromatic N) is 1. The lowest BCUT2D eigenvalue weighted by Gasteiger charge is -2.13. The number of hydrogen-bond donors (Lipinski definition) is 3. The molecule has 0 aliphatic rings. The molecule has 0 radical (unpaired) electrons. The topological polar surface area (TPSA) is 66.3 Å². The zero-order valence-electron chi connectivity index (χ0n) is 15.0. The average molecular weight is 351 g/mol. The van der Waals surface area contributed by atoms with Gasteiger partial charge in [0.15, 0.2) is 0 Å². The highest BCUT2D eigenvalue weighted by molar-refractivity contribution is 5.81. The molecule has 0 saturated heterocycles. The van der Waals surface area contributed by atoms with E-state index in [-0.39, 0.29) is 12.6 Å². The number of aryl methyl sites for hydroxylation is 2. The van der Waals surface area contributed by atoms with Gasteiger partial charge < -0.3 is 20.3 Å². The molecule has 3 aromatic rings. The van der Waals surface area contributed by atoms with Gasteiger partial charge in [-0.3, -0.25) is 0 Å². The van der Waals surface area contributed by atoms with Crippen LogP contribution in [0.1, 0.15) is 23.7 Å². The number of aliphatic hydroxyl groups excluding tert-OH is 1. The standard InChI is InChI=1S/C21H25N3O2/c1-24-13-11-17-14-18(9-10-19(17)24)20(25)15-23-21(26)22-12-5-8-16-6-3-2-4-7-16/h2-4,6-7,9-11,13-14,20,25H,5,8,12,15H2,1H3,(H2,22,23,26). The Labute approximate surface area is 153 Å². The van der Waals surface area contributed by atoms with Crippen LogP contribution >= 0.6 is 0 Å². The summed E-state index contributed by atoms with van der Waals surface area (Å²) in [6, 6.07) is 17.8. The molecule has 3 rings (SSSR count). The fourth-order valence-electron chi connectivity index (χ4n) is 3.02. The van der Waals surface area contributed by atoms with Crippen molar-refractivity contribution in [1.29, 1.82) is 0 Å². The fourth-order valence-corrected chi connectivity index (χ4v) is 3.02. The van der Waals surface area contributed by atoms with Crippen LogP contribution in [0.3, 0.4) is 0 Å². The molecule has 2 aromatic carbocycles. The Balaban J connectivity index is 1.40. The number of carbonyl (C=O) groups is 1. The summed E-state index contributed by atoms with van der Waals surface area (Å²) in [7, 11) is 1.99. The number of aliphatic hydroxyl groups is 1. The van der Waals surface area contributed by atoms with E-state index in [0.29, 0.717) is 6.54 Å². The molecular formula is C21H25N3O2. The molecular weight excluding hydrogens is 326 g/mol. The smallest absolute Gasteiger partial charge is 0.314 e. The third kappa shape index (κ3) is 4.64. The summed E-state index contributed by atoms with van der Waals surface area (Å²) in [6.07, 6.45) is 3.07. The van der Waals surface area contributed by atoms with Gasteiger partial charge >= 0.3 is 6.03 Å². The van der Waals surface area contributed by atoms with E-state index in [0.717, 1.165) is 29.3 Å². The van der Waals surface area contributed by atoms with E-state index in [4.69, 9.17) is 0 Å². The van der Waals surface area contributed by atoms with E-state index in [2.05, 4.69) is 22.8 Å². The summed E-state index contributed by atoms with van der Waals surface area (Å²) in [5, 5.41) is 16.9. The SMILES string of the molecule is Cn1ccc2cc(C(O)CNC(=O)NCCCc3ccccc3)ccc21. The van der Waals surface area contributed by atoms with Crippen molar-refractivity contribution in [3.63, 3.8) is 0 Å². The van der Waals surface area contributed by atoms with Crippen LogP contribution in [-0.2, 0) is 13.5 Å². The molecule has 3 N–H and O–H groups in total. The Hall–Kier alpha value is -2.79. The zero-order valence-corrected chi connectivity index (χ0v) is 15.0. The van der Waals surface area contributed by atoms with Crippen LogP contribution < -0.4 is 10.6 Å². The van der Waals surface area contributed by atoms with Crippen molar-refractivity contribution >= 4 is 16.9 Å². The largest absolute Gasteiger partial charge is 0.387 e. The maximum Gasteiger partial charge on any atom is 0.314 e. The second-order valence-electron chi connectivity index (χ2n) is 6.49. The number of urea groups is 1. The van der Waals surface area contributed by atoms with Gasteiger partial charge in [0.25, 0.3) is 0 Å². The van der Waals surface area contributed by atoms with Gasteiger partial charge in [-0.1, -0.05) is 36.4 Å². The van der Waals surface area contributed by atoms with Crippen molar-refractivity contribution in [3.8, 4) is 0 Å². The predicted molar refractivity (Wildman–Crippen MR) is 104 cm³/mol. The van der Waals surface area contributed by atoms with E-state index in [1.54, 1.807) is 0 Å². The Morgan fingerprint density at radius 3 is 2.73 bits per heavy atom. The molecule has 0 fully saturated rings. The maximum absolute atomic E-state index is 11.9. The number of carbonyl (C=O) groups excluding carboxylic acids is 1. The predicted octanol–water partition coefficient (Wildman–Crippen LogP) is 3.14. The molecule has 0 saturated carbocycles. The first-order valence-electron chi connectivity index (χ1n) is 8.92. The maximum atomic E-state index is 11.9.